The van der Waals surface area contributed by atoms with Gasteiger partial charge in [-0.05, 0) is 28.1 Å². The minimum atomic E-state index is -3.81. The van der Waals surface area contributed by atoms with Crippen LogP contribution in [0.2, 0.25) is 0 Å². The average Bonchev–Trinajstić information content (AvgIpc) is 2.49. The number of anilines is 1. The van der Waals surface area contributed by atoms with E-state index < -0.39 is 10.0 Å². The molecule has 0 atom stereocenters. The molecule has 0 bridgehead atoms. The number of nitrogens with one attached hydrogen (secondary N) is 1. The van der Waals surface area contributed by atoms with Crippen LogP contribution >= 0.6 is 15.9 Å². The first-order valence-electron chi connectivity index (χ1n) is 6.06. The highest BCUT2D eigenvalue weighted by atomic mass is 79.9. The van der Waals surface area contributed by atoms with Gasteiger partial charge in [0, 0.05) is 12.0 Å². The molecule has 2 aromatic rings. The third-order valence-corrected chi connectivity index (χ3v) is 4.41. The Morgan fingerprint density at radius 2 is 2.05 bits per heavy atom. The Morgan fingerprint density at radius 1 is 1.29 bits per heavy atom. The molecule has 0 aliphatic rings. The zero-order valence-corrected chi connectivity index (χ0v) is 13.5. The van der Waals surface area contributed by atoms with Crippen LogP contribution in [-0.2, 0) is 10.0 Å². The maximum Gasteiger partial charge on any atom is 0.263 e. The fourth-order valence-corrected chi connectivity index (χ4v) is 2.85. The number of hydrogen-bond acceptors (Lipinski definition) is 5. The number of sulfonamides is 1. The number of carbonyl (C=O) groups is 1. The largest absolute Gasteiger partial charge is 0.294 e. The van der Waals surface area contributed by atoms with Gasteiger partial charge in [0.2, 0.25) is 0 Å². The summed E-state index contributed by atoms with van der Waals surface area (Å²) in [4.78, 5) is 19.4. The smallest absolute Gasteiger partial charge is 0.263 e. The number of rotatable bonds is 5. The highest BCUT2D eigenvalue weighted by Gasteiger charge is 2.16. The Hall–Kier alpha value is -1.80. The molecular formula is C13H12BrN3O3S. The number of Topliss-reactive ketones (excluding diaryl/α,β-unsaturated/α-hetero) is 1. The number of hydrogen-bond donors (Lipinski definition) is 1. The predicted molar refractivity (Wildman–Crippen MR) is 81.6 cm³/mol. The lowest BCUT2D eigenvalue weighted by molar-refractivity contribution is 0.0988. The van der Waals surface area contributed by atoms with E-state index in [2.05, 4.69) is 30.6 Å². The molecule has 0 unspecified atom stereocenters. The van der Waals surface area contributed by atoms with E-state index in [0.29, 0.717) is 16.6 Å². The van der Waals surface area contributed by atoms with Gasteiger partial charge in [-0.3, -0.25) is 9.52 Å². The summed E-state index contributed by atoms with van der Waals surface area (Å²) in [6.45, 7) is 1.72. The van der Waals surface area contributed by atoms with Gasteiger partial charge < -0.3 is 0 Å². The average molecular weight is 370 g/mol. The summed E-state index contributed by atoms with van der Waals surface area (Å²) in [6.07, 6.45) is 2.99. The van der Waals surface area contributed by atoms with Gasteiger partial charge in [-0.15, -0.1) is 0 Å². The summed E-state index contributed by atoms with van der Waals surface area (Å²) < 4.78 is 27.3. The van der Waals surface area contributed by atoms with E-state index in [-0.39, 0.29) is 16.5 Å². The molecule has 1 aromatic carbocycles. The van der Waals surface area contributed by atoms with Crippen molar-refractivity contribution in [3.8, 4) is 0 Å². The fourth-order valence-electron chi connectivity index (χ4n) is 1.60. The summed E-state index contributed by atoms with van der Waals surface area (Å²) in [5.74, 6) is -0.0131. The third-order valence-electron chi connectivity index (χ3n) is 2.65. The van der Waals surface area contributed by atoms with Gasteiger partial charge in [-0.2, -0.15) is 0 Å². The van der Waals surface area contributed by atoms with E-state index in [1.165, 1.54) is 30.6 Å². The summed E-state index contributed by atoms with van der Waals surface area (Å²) >= 11 is 3.12. The number of nitrogens with zero attached hydrogens (tertiary/aromatic N) is 2. The maximum atomic E-state index is 12.2. The van der Waals surface area contributed by atoms with Crippen LogP contribution in [0.25, 0.3) is 0 Å². The first-order chi connectivity index (χ1) is 9.92. The second kappa shape index (κ2) is 6.31. The molecule has 21 heavy (non-hydrogen) atoms. The zero-order chi connectivity index (χ0) is 15.5. The first-order valence-corrected chi connectivity index (χ1v) is 8.33. The van der Waals surface area contributed by atoms with Crippen molar-refractivity contribution in [3.63, 3.8) is 0 Å². The van der Waals surface area contributed by atoms with E-state index in [4.69, 9.17) is 0 Å². The Balaban J connectivity index is 2.31. The quantitative estimate of drug-likeness (QED) is 0.818. The normalized spacial score (nSPS) is 11.1. The SMILES string of the molecule is CCC(=O)c1cccc(S(=O)(=O)Nc2cnc(Br)cn2)c1. The molecule has 1 N–H and O–H groups in total. The summed E-state index contributed by atoms with van der Waals surface area (Å²) in [5, 5.41) is 0. The van der Waals surface area contributed by atoms with Crippen LogP contribution < -0.4 is 4.72 Å². The second-order valence-corrected chi connectivity index (χ2v) is 6.63. The first kappa shape index (κ1) is 15.6. The van der Waals surface area contributed by atoms with E-state index in [1.807, 2.05) is 0 Å². The highest BCUT2D eigenvalue weighted by Crippen LogP contribution is 2.17. The topological polar surface area (TPSA) is 89.0 Å². The van der Waals surface area contributed by atoms with Crippen LogP contribution in [0, 0.1) is 0 Å². The molecule has 0 saturated heterocycles. The molecule has 0 spiro atoms. The van der Waals surface area contributed by atoms with Gasteiger partial charge in [-0.1, -0.05) is 19.1 Å². The predicted octanol–water partition coefficient (Wildman–Crippen LogP) is 2.63. The second-order valence-electron chi connectivity index (χ2n) is 4.13. The van der Waals surface area contributed by atoms with Crippen molar-refractivity contribution in [2.75, 3.05) is 4.72 Å². The third kappa shape index (κ3) is 3.85. The van der Waals surface area contributed by atoms with Gasteiger partial charge in [0.25, 0.3) is 10.0 Å². The fraction of sp³-hybridized carbons (Fsp3) is 0.154. The van der Waals surface area contributed by atoms with Crippen molar-refractivity contribution in [1.82, 2.24) is 9.97 Å². The van der Waals surface area contributed by atoms with E-state index in [9.17, 15) is 13.2 Å². The van der Waals surface area contributed by atoms with Gasteiger partial charge in [0.1, 0.15) is 4.60 Å². The molecule has 6 nitrogen and oxygen atoms in total. The van der Waals surface area contributed by atoms with E-state index in [1.54, 1.807) is 13.0 Å². The molecule has 0 aliphatic carbocycles. The van der Waals surface area contributed by atoms with Gasteiger partial charge in [0.15, 0.2) is 11.6 Å². The lowest BCUT2D eigenvalue weighted by Crippen LogP contribution is -2.14. The van der Waals surface area contributed by atoms with Crippen LogP contribution in [0.5, 0.6) is 0 Å². The number of ketones is 1. The minimum absolute atomic E-state index is 0.00604. The standard InChI is InChI=1S/C13H12BrN3O3S/c1-2-11(18)9-4-3-5-10(6-9)21(19,20)17-13-8-15-12(14)7-16-13/h3-8H,2H2,1H3,(H,16,17). The molecule has 0 saturated carbocycles. The molecule has 110 valence electrons. The molecule has 1 aromatic heterocycles. The van der Waals surface area contributed by atoms with Crippen LogP contribution in [0.1, 0.15) is 23.7 Å². The number of carbonyl (C=O) groups excluding carboxylic acids is 1. The summed E-state index contributed by atoms with van der Waals surface area (Å²) in [6, 6.07) is 5.89. The van der Waals surface area contributed by atoms with Crippen LogP contribution in [-0.4, -0.2) is 24.2 Å². The number of aromatic nitrogens is 2. The van der Waals surface area contributed by atoms with Crippen LogP contribution in [0.4, 0.5) is 5.82 Å². The Bertz CT molecular complexity index is 760. The molecule has 0 fully saturated rings. The van der Waals surface area contributed by atoms with Gasteiger partial charge >= 0.3 is 0 Å². The van der Waals surface area contributed by atoms with Crippen molar-refractivity contribution in [2.24, 2.45) is 0 Å². The van der Waals surface area contributed by atoms with E-state index in [0.717, 1.165) is 0 Å². The lowest BCUT2D eigenvalue weighted by atomic mass is 10.1. The Labute approximate surface area is 130 Å². The Morgan fingerprint density at radius 3 is 2.67 bits per heavy atom. The zero-order valence-electron chi connectivity index (χ0n) is 11.1. The van der Waals surface area contributed by atoms with Crippen LogP contribution in [0.3, 0.4) is 0 Å². The van der Waals surface area contributed by atoms with Gasteiger partial charge in [-0.25, -0.2) is 18.4 Å². The molecule has 8 heteroatoms. The molecule has 0 amide bonds. The highest BCUT2D eigenvalue weighted by molar-refractivity contribution is 9.10. The summed E-state index contributed by atoms with van der Waals surface area (Å²) in [7, 11) is -3.81. The monoisotopic (exact) mass is 369 g/mol. The molecule has 1 heterocycles. The van der Waals surface area contributed by atoms with Crippen molar-refractivity contribution in [3.05, 3.63) is 46.8 Å². The van der Waals surface area contributed by atoms with Crippen molar-refractivity contribution in [2.45, 2.75) is 18.2 Å². The molecule has 2 rings (SSSR count). The lowest BCUT2D eigenvalue weighted by Gasteiger charge is -2.08. The number of benzene rings is 1. The maximum absolute atomic E-state index is 12.2. The van der Waals surface area contributed by atoms with Crippen molar-refractivity contribution in [1.29, 1.82) is 0 Å². The Kier molecular flexibility index (Phi) is 4.69. The van der Waals surface area contributed by atoms with E-state index >= 15 is 0 Å². The molecule has 0 radical (unpaired) electrons. The summed E-state index contributed by atoms with van der Waals surface area (Å²) in [5.41, 5.74) is 0.363. The van der Waals surface area contributed by atoms with Gasteiger partial charge in [0.05, 0.1) is 17.3 Å². The minimum Gasteiger partial charge on any atom is -0.294 e. The number of halogens is 1. The van der Waals surface area contributed by atoms with Crippen LogP contribution in [0.15, 0.2) is 46.2 Å². The molecular weight excluding hydrogens is 358 g/mol. The van der Waals surface area contributed by atoms with Crippen molar-refractivity contribution >= 4 is 37.6 Å². The molecule has 0 aliphatic heterocycles. The van der Waals surface area contributed by atoms with Crippen molar-refractivity contribution < 1.29 is 13.2 Å².